The number of rotatable bonds is 7. The smallest absolute Gasteiger partial charge is 0.329 e. The molecule has 0 spiro atoms. The molecule has 0 aliphatic heterocycles. The largest absolute Gasteiger partial charge is 0.480 e. The molecule has 30 heavy (non-hydrogen) atoms. The highest BCUT2D eigenvalue weighted by molar-refractivity contribution is 5.68. The zero-order valence-corrected chi connectivity index (χ0v) is 16.7. The molecule has 1 fully saturated rings. The van der Waals surface area contributed by atoms with Crippen molar-refractivity contribution in [2.75, 3.05) is 6.61 Å². The van der Waals surface area contributed by atoms with Crippen LogP contribution in [0.1, 0.15) is 29.9 Å². The second-order valence-electron chi connectivity index (χ2n) is 7.67. The summed E-state index contributed by atoms with van der Waals surface area (Å²) >= 11 is 0. The van der Waals surface area contributed by atoms with E-state index in [9.17, 15) is 9.18 Å². The standard InChI is InChI=1S/C25H23FO4/c1-16-2-8-20(9-3-16)30-21-10-11-24(26)23(14-21)18-6-4-17(5-7-18)19-12-22(13-19)29-15-25(27)28/h2-11,14,19,22H,12-13,15H2,1H3,(H,27,28). The zero-order chi connectivity index (χ0) is 21.1. The Balaban J connectivity index is 1.44. The molecule has 154 valence electrons. The number of aliphatic carboxylic acids is 1. The third-order valence-electron chi connectivity index (χ3n) is 5.42. The quantitative estimate of drug-likeness (QED) is 0.527. The number of aryl methyl sites for hydroxylation is 1. The first-order valence-electron chi connectivity index (χ1n) is 9.96. The molecule has 0 saturated heterocycles. The van der Waals surface area contributed by atoms with Gasteiger partial charge in [0.05, 0.1) is 6.10 Å². The Bertz CT molecular complexity index is 1020. The lowest BCUT2D eigenvalue weighted by molar-refractivity contribution is -0.146. The van der Waals surface area contributed by atoms with Crippen molar-refractivity contribution in [2.45, 2.75) is 31.8 Å². The van der Waals surface area contributed by atoms with Crippen molar-refractivity contribution in [3.05, 3.63) is 83.7 Å². The van der Waals surface area contributed by atoms with Crippen molar-refractivity contribution in [1.29, 1.82) is 0 Å². The topological polar surface area (TPSA) is 55.8 Å². The van der Waals surface area contributed by atoms with Gasteiger partial charge in [-0.1, -0.05) is 42.0 Å². The maximum atomic E-state index is 14.5. The van der Waals surface area contributed by atoms with Crippen molar-refractivity contribution in [3.8, 4) is 22.6 Å². The van der Waals surface area contributed by atoms with Crippen LogP contribution in [0.2, 0.25) is 0 Å². The van der Waals surface area contributed by atoms with Crippen molar-refractivity contribution in [1.82, 2.24) is 0 Å². The maximum absolute atomic E-state index is 14.5. The van der Waals surface area contributed by atoms with E-state index in [1.54, 1.807) is 12.1 Å². The van der Waals surface area contributed by atoms with E-state index in [-0.39, 0.29) is 18.5 Å². The van der Waals surface area contributed by atoms with E-state index in [4.69, 9.17) is 14.6 Å². The monoisotopic (exact) mass is 406 g/mol. The van der Waals surface area contributed by atoms with Crippen LogP contribution >= 0.6 is 0 Å². The normalized spacial score (nSPS) is 17.9. The highest BCUT2D eigenvalue weighted by atomic mass is 19.1. The molecule has 1 aliphatic rings. The molecule has 1 N–H and O–H groups in total. The molecule has 1 aliphatic carbocycles. The molecule has 0 unspecified atom stereocenters. The molecule has 0 heterocycles. The SMILES string of the molecule is Cc1ccc(Oc2ccc(F)c(-c3ccc(C4CC(OCC(=O)O)C4)cc3)c2)cc1. The number of benzene rings is 3. The molecule has 4 nitrogen and oxygen atoms in total. The average Bonchev–Trinajstić information content (AvgIpc) is 2.70. The van der Waals surface area contributed by atoms with Gasteiger partial charge in [0.15, 0.2) is 0 Å². The van der Waals surface area contributed by atoms with Crippen LogP contribution in [0.15, 0.2) is 66.7 Å². The van der Waals surface area contributed by atoms with E-state index in [1.165, 1.54) is 6.07 Å². The number of ether oxygens (including phenoxy) is 2. The van der Waals surface area contributed by atoms with E-state index in [0.717, 1.165) is 29.5 Å². The number of halogens is 1. The Kier molecular flexibility index (Phi) is 5.81. The van der Waals surface area contributed by atoms with Crippen LogP contribution < -0.4 is 4.74 Å². The van der Waals surface area contributed by atoms with Crippen LogP contribution in [0.25, 0.3) is 11.1 Å². The summed E-state index contributed by atoms with van der Waals surface area (Å²) in [5, 5.41) is 8.67. The molecule has 0 aromatic heterocycles. The lowest BCUT2D eigenvalue weighted by atomic mass is 9.77. The Hall–Kier alpha value is -3.18. The summed E-state index contributed by atoms with van der Waals surface area (Å²) in [6, 6.07) is 20.3. The van der Waals surface area contributed by atoms with Crippen LogP contribution in [0, 0.1) is 12.7 Å². The Labute approximate surface area is 174 Å². The minimum absolute atomic E-state index is 0.00109. The first-order valence-corrected chi connectivity index (χ1v) is 9.96. The van der Waals surface area contributed by atoms with Crippen molar-refractivity contribution in [3.63, 3.8) is 0 Å². The molecule has 0 atom stereocenters. The highest BCUT2D eigenvalue weighted by Gasteiger charge is 2.31. The van der Waals surface area contributed by atoms with E-state index in [1.807, 2.05) is 55.5 Å². The maximum Gasteiger partial charge on any atom is 0.329 e. The van der Waals surface area contributed by atoms with Gasteiger partial charge in [0.25, 0.3) is 0 Å². The fraction of sp³-hybridized carbons (Fsp3) is 0.240. The third-order valence-corrected chi connectivity index (χ3v) is 5.42. The van der Waals surface area contributed by atoms with Crippen molar-refractivity contribution < 1.29 is 23.8 Å². The second-order valence-corrected chi connectivity index (χ2v) is 7.67. The van der Waals surface area contributed by atoms with E-state index < -0.39 is 5.97 Å². The molecule has 3 aromatic carbocycles. The first kappa shape index (κ1) is 20.1. The fourth-order valence-electron chi connectivity index (χ4n) is 3.63. The average molecular weight is 406 g/mol. The van der Waals surface area contributed by atoms with Crippen LogP contribution in [-0.4, -0.2) is 23.8 Å². The number of hydrogen-bond donors (Lipinski definition) is 1. The summed E-state index contributed by atoms with van der Waals surface area (Å²) in [7, 11) is 0. The Morgan fingerprint density at radius 2 is 1.67 bits per heavy atom. The fourth-order valence-corrected chi connectivity index (χ4v) is 3.63. The van der Waals surface area contributed by atoms with Gasteiger partial charge in [0.2, 0.25) is 0 Å². The molecule has 5 heteroatoms. The lowest BCUT2D eigenvalue weighted by Gasteiger charge is -2.35. The van der Waals surface area contributed by atoms with Crippen LogP contribution in [0.4, 0.5) is 4.39 Å². The predicted octanol–water partition coefficient (Wildman–Crippen LogP) is 5.94. The highest BCUT2D eigenvalue weighted by Crippen LogP contribution is 2.39. The van der Waals surface area contributed by atoms with Gasteiger partial charge in [-0.05, 0) is 67.1 Å². The lowest BCUT2D eigenvalue weighted by Crippen LogP contribution is -2.31. The van der Waals surface area contributed by atoms with E-state index in [2.05, 4.69) is 0 Å². The molecule has 4 rings (SSSR count). The zero-order valence-electron chi connectivity index (χ0n) is 16.7. The van der Waals surface area contributed by atoms with Gasteiger partial charge in [-0.2, -0.15) is 0 Å². The number of carbonyl (C=O) groups is 1. The Morgan fingerprint density at radius 3 is 2.33 bits per heavy atom. The van der Waals surface area contributed by atoms with E-state index in [0.29, 0.717) is 23.0 Å². The van der Waals surface area contributed by atoms with E-state index >= 15 is 0 Å². The minimum Gasteiger partial charge on any atom is -0.480 e. The second kappa shape index (κ2) is 8.67. The minimum atomic E-state index is -0.946. The first-order chi connectivity index (χ1) is 14.5. The Morgan fingerprint density at radius 1 is 1.00 bits per heavy atom. The predicted molar refractivity (Wildman–Crippen MR) is 112 cm³/mol. The summed E-state index contributed by atoms with van der Waals surface area (Å²) < 4.78 is 25.6. The number of carboxylic acid groups (broad SMARTS) is 1. The van der Waals surface area contributed by atoms with Crippen LogP contribution in [-0.2, 0) is 9.53 Å². The summed E-state index contributed by atoms with van der Waals surface area (Å²) in [5.41, 5.74) is 3.57. The van der Waals surface area contributed by atoms with Gasteiger partial charge < -0.3 is 14.6 Å². The summed E-state index contributed by atoms with van der Waals surface area (Å²) in [5.74, 6) is 0.386. The molecule has 0 bridgehead atoms. The van der Waals surface area contributed by atoms with Gasteiger partial charge in [-0.15, -0.1) is 0 Å². The number of hydrogen-bond acceptors (Lipinski definition) is 3. The van der Waals surface area contributed by atoms with Gasteiger partial charge >= 0.3 is 5.97 Å². The molecular weight excluding hydrogens is 383 g/mol. The van der Waals surface area contributed by atoms with Gasteiger partial charge in [0.1, 0.15) is 23.9 Å². The summed E-state index contributed by atoms with van der Waals surface area (Å²) in [6.45, 7) is 1.76. The molecule has 0 amide bonds. The summed E-state index contributed by atoms with van der Waals surface area (Å²) in [4.78, 5) is 10.6. The van der Waals surface area contributed by atoms with Gasteiger partial charge in [0, 0.05) is 5.56 Å². The number of carboxylic acids is 1. The summed E-state index contributed by atoms with van der Waals surface area (Å²) in [6.07, 6.45) is 1.61. The molecule has 3 aromatic rings. The third kappa shape index (κ3) is 4.69. The van der Waals surface area contributed by atoms with Crippen molar-refractivity contribution in [2.24, 2.45) is 0 Å². The molecular formula is C25H23FO4. The molecule has 0 radical (unpaired) electrons. The van der Waals surface area contributed by atoms with Crippen molar-refractivity contribution >= 4 is 5.97 Å². The van der Waals surface area contributed by atoms with Gasteiger partial charge in [-0.25, -0.2) is 9.18 Å². The van der Waals surface area contributed by atoms with Crippen LogP contribution in [0.3, 0.4) is 0 Å². The van der Waals surface area contributed by atoms with Crippen LogP contribution in [0.5, 0.6) is 11.5 Å². The molecule has 1 saturated carbocycles. The van der Waals surface area contributed by atoms with Gasteiger partial charge in [-0.3, -0.25) is 0 Å².